The summed E-state index contributed by atoms with van der Waals surface area (Å²) in [5.74, 6) is 0. The van der Waals surface area contributed by atoms with Crippen LogP contribution in [0.25, 0.3) is 11.3 Å². The van der Waals surface area contributed by atoms with Crippen LogP contribution in [-0.2, 0) is 16.6 Å². The second-order valence-electron chi connectivity index (χ2n) is 4.10. The molecule has 0 saturated carbocycles. The van der Waals surface area contributed by atoms with Crippen LogP contribution in [-0.4, -0.2) is 36.9 Å². The number of thiazole rings is 1. The van der Waals surface area contributed by atoms with Gasteiger partial charge < -0.3 is 5.11 Å². The van der Waals surface area contributed by atoms with Gasteiger partial charge in [-0.05, 0) is 12.1 Å². The second kappa shape index (κ2) is 5.38. The minimum absolute atomic E-state index is 0.0856. The summed E-state index contributed by atoms with van der Waals surface area (Å²) < 4.78 is 25.0. The largest absolute Gasteiger partial charge is 0.389 e. The van der Waals surface area contributed by atoms with E-state index in [4.69, 9.17) is 5.11 Å². The van der Waals surface area contributed by atoms with Gasteiger partial charge in [0.05, 0.1) is 17.2 Å². The van der Waals surface area contributed by atoms with E-state index in [1.807, 2.05) is 5.38 Å². The van der Waals surface area contributed by atoms with Crippen LogP contribution in [0.2, 0.25) is 0 Å². The van der Waals surface area contributed by atoms with Crippen molar-refractivity contribution in [3.05, 3.63) is 34.7 Å². The molecular weight excluding hydrogens is 284 g/mol. The molecule has 0 saturated heterocycles. The smallest absolute Gasteiger partial charge is 0.242 e. The lowest BCUT2D eigenvalue weighted by Gasteiger charge is -2.11. The molecule has 0 atom stereocenters. The Morgan fingerprint density at radius 1 is 1.26 bits per heavy atom. The summed E-state index contributed by atoms with van der Waals surface area (Å²) >= 11 is 1.37. The Balaban J connectivity index is 2.33. The van der Waals surface area contributed by atoms with E-state index in [9.17, 15) is 8.42 Å². The molecule has 0 amide bonds. The average Bonchev–Trinajstić information content (AvgIpc) is 2.87. The summed E-state index contributed by atoms with van der Waals surface area (Å²) in [6, 6.07) is 6.55. The van der Waals surface area contributed by atoms with Gasteiger partial charge in [0.2, 0.25) is 10.0 Å². The Kier molecular flexibility index (Phi) is 4.00. The molecule has 1 aromatic carbocycles. The van der Waals surface area contributed by atoms with Crippen LogP contribution in [0.15, 0.2) is 34.5 Å². The van der Waals surface area contributed by atoms with Crippen LogP contribution in [0.1, 0.15) is 5.01 Å². The molecule has 1 aromatic heterocycles. The van der Waals surface area contributed by atoms with Crippen LogP contribution in [0.3, 0.4) is 0 Å². The number of hydrogen-bond donors (Lipinski definition) is 1. The third-order valence-corrected chi connectivity index (χ3v) is 5.28. The molecule has 0 aliphatic heterocycles. The standard InChI is InChI=1S/C12H14N2O3S2/c1-14(2)19(16,17)10-5-3-9(4-6-10)11-8-18-12(7-15)13-11/h3-6,8,15H,7H2,1-2H3. The number of aliphatic hydroxyl groups is 1. The fourth-order valence-electron chi connectivity index (χ4n) is 1.52. The molecule has 0 bridgehead atoms. The maximum Gasteiger partial charge on any atom is 0.242 e. The predicted molar refractivity (Wildman–Crippen MR) is 74.3 cm³/mol. The van der Waals surface area contributed by atoms with Crippen molar-refractivity contribution in [2.45, 2.75) is 11.5 Å². The van der Waals surface area contributed by atoms with Gasteiger partial charge in [-0.15, -0.1) is 11.3 Å². The Hall–Kier alpha value is -1.28. The summed E-state index contributed by atoms with van der Waals surface area (Å²) in [5, 5.41) is 11.4. The first kappa shape index (κ1) is 14.1. The molecule has 2 aromatic rings. The number of hydrogen-bond acceptors (Lipinski definition) is 5. The summed E-state index contributed by atoms with van der Waals surface area (Å²) in [6.07, 6.45) is 0. The van der Waals surface area contributed by atoms with Crippen molar-refractivity contribution in [3.8, 4) is 11.3 Å². The Morgan fingerprint density at radius 3 is 2.37 bits per heavy atom. The van der Waals surface area contributed by atoms with Crippen molar-refractivity contribution in [3.63, 3.8) is 0 Å². The normalized spacial score (nSPS) is 12.0. The fourth-order valence-corrected chi connectivity index (χ4v) is 3.09. The molecule has 2 rings (SSSR count). The summed E-state index contributed by atoms with van der Waals surface area (Å²) in [5.41, 5.74) is 1.57. The van der Waals surface area contributed by atoms with Crippen molar-refractivity contribution in [2.75, 3.05) is 14.1 Å². The molecule has 1 heterocycles. The van der Waals surface area contributed by atoms with Gasteiger partial charge in [-0.2, -0.15) is 0 Å². The zero-order chi connectivity index (χ0) is 14.0. The molecule has 5 nitrogen and oxygen atoms in total. The van der Waals surface area contributed by atoms with E-state index in [1.165, 1.54) is 29.7 Å². The molecular formula is C12H14N2O3S2. The van der Waals surface area contributed by atoms with Crippen LogP contribution >= 0.6 is 11.3 Å². The van der Waals surface area contributed by atoms with E-state index in [-0.39, 0.29) is 11.5 Å². The van der Waals surface area contributed by atoms with Crippen molar-refractivity contribution in [1.82, 2.24) is 9.29 Å². The maximum atomic E-state index is 11.9. The fraction of sp³-hybridized carbons (Fsp3) is 0.250. The molecule has 1 N–H and O–H groups in total. The maximum absolute atomic E-state index is 11.9. The van der Waals surface area contributed by atoms with Crippen LogP contribution in [0, 0.1) is 0 Å². The molecule has 102 valence electrons. The number of aromatic nitrogens is 1. The molecule has 19 heavy (non-hydrogen) atoms. The molecule has 0 fully saturated rings. The van der Waals surface area contributed by atoms with E-state index in [0.29, 0.717) is 5.01 Å². The molecule has 0 spiro atoms. The zero-order valence-corrected chi connectivity index (χ0v) is 12.2. The quantitative estimate of drug-likeness (QED) is 0.930. The highest BCUT2D eigenvalue weighted by atomic mass is 32.2. The zero-order valence-electron chi connectivity index (χ0n) is 10.6. The minimum Gasteiger partial charge on any atom is -0.389 e. The van der Waals surface area contributed by atoms with Gasteiger partial charge in [-0.1, -0.05) is 12.1 Å². The summed E-state index contributed by atoms with van der Waals surface area (Å²) in [7, 11) is -0.405. The number of benzene rings is 1. The lowest BCUT2D eigenvalue weighted by atomic mass is 10.2. The first-order valence-corrected chi connectivity index (χ1v) is 7.85. The predicted octanol–water partition coefficient (Wildman–Crippen LogP) is 1.55. The lowest BCUT2D eigenvalue weighted by molar-refractivity contribution is 0.281. The minimum atomic E-state index is -3.40. The third kappa shape index (κ3) is 2.84. The van der Waals surface area contributed by atoms with Crippen molar-refractivity contribution < 1.29 is 13.5 Å². The Labute approximate surface area is 116 Å². The monoisotopic (exact) mass is 298 g/mol. The number of sulfonamides is 1. The summed E-state index contributed by atoms with van der Waals surface area (Å²) in [6.45, 7) is -0.0856. The average molecular weight is 298 g/mol. The first-order valence-electron chi connectivity index (χ1n) is 5.53. The Morgan fingerprint density at radius 2 is 1.89 bits per heavy atom. The third-order valence-electron chi connectivity index (χ3n) is 2.62. The number of nitrogens with zero attached hydrogens (tertiary/aromatic N) is 2. The van der Waals surface area contributed by atoms with Gasteiger partial charge in [-0.25, -0.2) is 17.7 Å². The van der Waals surface area contributed by atoms with Crippen LogP contribution in [0.5, 0.6) is 0 Å². The van der Waals surface area contributed by atoms with Gasteiger partial charge in [0.15, 0.2) is 0 Å². The highest BCUT2D eigenvalue weighted by Crippen LogP contribution is 2.24. The topological polar surface area (TPSA) is 70.5 Å². The van der Waals surface area contributed by atoms with Crippen molar-refractivity contribution >= 4 is 21.4 Å². The van der Waals surface area contributed by atoms with Gasteiger partial charge in [0.25, 0.3) is 0 Å². The van der Waals surface area contributed by atoms with Gasteiger partial charge in [0.1, 0.15) is 5.01 Å². The number of aliphatic hydroxyl groups excluding tert-OH is 1. The van der Waals surface area contributed by atoms with Crippen molar-refractivity contribution in [2.24, 2.45) is 0 Å². The lowest BCUT2D eigenvalue weighted by Crippen LogP contribution is -2.22. The van der Waals surface area contributed by atoms with E-state index in [2.05, 4.69) is 4.98 Å². The molecule has 0 aliphatic carbocycles. The molecule has 0 unspecified atom stereocenters. The van der Waals surface area contributed by atoms with Gasteiger partial charge in [-0.3, -0.25) is 0 Å². The first-order chi connectivity index (χ1) is 8.95. The van der Waals surface area contributed by atoms with Crippen LogP contribution < -0.4 is 0 Å². The second-order valence-corrected chi connectivity index (χ2v) is 7.19. The van der Waals surface area contributed by atoms with E-state index in [1.54, 1.807) is 24.3 Å². The number of rotatable bonds is 4. The summed E-state index contributed by atoms with van der Waals surface area (Å²) in [4.78, 5) is 4.48. The highest BCUT2D eigenvalue weighted by molar-refractivity contribution is 7.89. The molecule has 0 radical (unpaired) electrons. The van der Waals surface area contributed by atoms with Crippen molar-refractivity contribution in [1.29, 1.82) is 0 Å². The molecule has 7 heteroatoms. The van der Waals surface area contributed by atoms with Crippen LogP contribution in [0.4, 0.5) is 0 Å². The van der Waals surface area contributed by atoms with E-state index in [0.717, 1.165) is 11.3 Å². The van der Waals surface area contributed by atoms with Gasteiger partial charge in [0, 0.05) is 25.0 Å². The van der Waals surface area contributed by atoms with E-state index < -0.39 is 10.0 Å². The van der Waals surface area contributed by atoms with E-state index >= 15 is 0 Å². The van der Waals surface area contributed by atoms with Gasteiger partial charge >= 0.3 is 0 Å². The Bertz CT molecular complexity index is 661. The SMILES string of the molecule is CN(C)S(=O)(=O)c1ccc(-c2csc(CO)n2)cc1. The highest BCUT2D eigenvalue weighted by Gasteiger charge is 2.16. The molecule has 0 aliphatic rings.